The number of benzene rings is 2. The van der Waals surface area contributed by atoms with Crippen LogP contribution in [0.5, 0.6) is 5.75 Å². The number of fused-ring (bicyclic) bond motifs is 1. The number of rotatable bonds is 6. The number of nitrogens with zero attached hydrogens (tertiary/aromatic N) is 3. The van der Waals surface area contributed by atoms with Crippen molar-refractivity contribution in [2.45, 2.75) is 31.1 Å². The van der Waals surface area contributed by atoms with Gasteiger partial charge in [0, 0.05) is 23.4 Å². The Labute approximate surface area is 240 Å². The number of halogens is 6. The lowest BCUT2D eigenvalue weighted by atomic mass is 9.76. The first-order valence-electron chi connectivity index (χ1n) is 13.0. The summed E-state index contributed by atoms with van der Waals surface area (Å²) in [5, 5.41) is 3.02. The summed E-state index contributed by atoms with van der Waals surface area (Å²) >= 11 is 0. The van der Waals surface area contributed by atoms with E-state index in [9.17, 15) is 26.3 Å². The maximum atomic E-state index is 13.0. The topological polar surface area (TPSA) is 91.5 Å². The van der Waals surface area contributed by atoms with Crippen LogP contribution in [0.3, 0.4) is 0 Å². The molecule has 7 nitrogen and oxygen atoms in total. The number of para-hydroxylation sites is 1. The summed E-state index contributed by atoms with van der Waals surface area (Å²) in [4.78, 5) is 18.0. The Bertz CT molecular complexity index is 1850. The van der Waals surface area contributed by atoms with Gasteiger partial charge in [-0.1, -0.05) is 25.1 Å². The first kappa shape index (κ1) is 28.1. The second-order valence-corrected chi connectivity index (χ2v) is 10.2. The number of alkyl halides is 6. The van der Waals surface area contributed by atoms with Crippen LogP contribution in [0.4, 0.5) is 38.0 Å². The van der Waals surface area contributed by atoms with Gasteiger partial charge >= 0.3 is 12.4 Å². The molecular formula is C30H22F6N6O. The van der Waals surface area contributed by atoms with E-state index in [0.29, 0.717) is 41.3 Å². The highest BCUT2D eigenvalue weighted by Gasteiger charge is 2.34. The van der Waals surface area contributed by atoms with Crippen molar-refractivity contribution in [2.24, 2.45) is 0 Å². The lowest BCUT2D eigenvalue weighted by Gasteiger charge is -2.29. The first-order valence-corrected chi connectivity index (χ1v) is 13.0. The molecule has 3 heterocycles. The number of pyridine rings is 1. The fourth-order valence-corrected chi connectivity index (χ4v) is 4.86. The predicted molar refractivity (Wildman–Crippen MR) is 147 cm³/mol. The average Bonchev–Trinajstić information content (AvgIpc) is 3.61. The Morgan fingerprint density at radius 2 is 1.72 bits per heavy atom. The van der Waals surface area contributed by atoms with Gasteiger partial charge in [-0.05, 0) is 60.5 Å². The molecule has 0 saturated heterocycles. The summed E-state index contributed by atoms with van der Waals surface area (Å²) in [6.07, 6.45) is -0.531. The Morgan fingerprint density at radius 1 is 0.930 bits per heavy atom. The van der Waals surface area contributed by atoms with Crippen LogP contribution >= 0.6 is 0 Å². The Kier molecular flexibility index (Phi) is 6.74. The summed E-state index contributed by atoms with van der Waals surface area (Å²) < 4.78 is 83.8. The monoisotopic (exact) mass is 596 g/mol. The van der Waals surface area contributed by atoms with Crippen LogP contribution < -0.4 is 10.1 Å². The van der Waals surface area contributed by atoms with Crippen LogP contribution in [0.25, 0.3) is 22.6 Å². The normalized spacial score (nSPS) is 17.2. The van der Waals surface area contributed by atoms with E-state index >= 15 is 0 Å². The van der Waals surface area contributed by atoms with E-state index in [1.165, 1.54) is 24.4 Å². The van der Waals surface area contributed by atoms with Crippen LogP contribution in [0.1, 0.15) is 30.2 Å². The van der Waals surface area contributed by atoms with Gasteiger partial charge in [-0.3, -0.25) is 4.98 Å². The molecule has 6 rings (SSSR count). The van der Waals surface area contributed by atoms with Crippen LogP contribution in [0.2, 0.25) is 0 Å². The van der Waals surface area contributed by atoms with E-state index in [0.717, 1.165) is 23.2 Å². The van der Waals surface area contributed by atoms with Crippen molar-refractivity contribution in [1.29, 1.82) is 0 Å². The fraction of sp³-hybridized carbons (Fsp3) is 0.167. The van der Waals surface area contributed by atoms with Gasteiger partial charge < -0.3 is 20.0 Å². The van der Waals surface area contributed by atoms with Gasteiger partial charge in [0.2, 0.25) is 5.95 Å². The predicted octanol–water partition coefficient (Wildman–Crippen LogP) is 8.31. The van der Waals surface area contributed by atoms with E-state index in [1.54, 1.807) is 12.1 Å². The van der Waals surface area contributed by atoms with Crippen LogP contribution in [0.15, 0.2) is 91.0 Å². The highest BCUT2D eigenvalue weighted by Crippen LogP contribution is 2.39. The quantitative estimate of drug-likeness (QED) is 0.172. The lowest BCUT2D eigenvalue weighted by molar-refractivity contribution is -0.141. The number of hydrogen-bond acceptors (Lipinski definition) is 5. The zero-order valence-electron chi connectivity index (χ0n) is 22.3. The minimum Gasteiger partial charge on any atom is -0.458 e. The summed E-state index contributed by atoms with van der Waals surface area (Å²) in [5.41, 5.74) is 0.648. The van der Waals surface area contributed by atoms with E-state index in [-0.39, 0.29) is 11.5 Å². The van der Waals surface area contributed by atoms with Crippen molar-refractivity contribution >= 4 is 22.7 Å². The van der Waals surface area contributed by atoms with Crippen molar-refractivity contribution in [1.82, 2.24) is 24.9 Å². The number of ether oxygens (including phenoxy) is 1. The molecular weight excluding hydrogens is 574 g/mol. The van der Waals surface area contributed by atoms with E-state index in [2.05, 4.69) is 25.3 Å². The summed E-state index contributed by atoms with van der Waals surface area (Å²) in [5.74, 6) is 1.20. The van der Waals surface area contributed by atoms with E-state index in [1.807, 2.05) is 37.3 Å². The molecule has 5 aromatic rings. The molecule has 1 atom stereocenters. The SMILES string of the molecule is CC1(c2cccc3[nH]c(Nc4ccc(C(F)(F)F)cc4)nc23)C=C(Oc2ccnc(-c3ncc(C(F)(F)F)[nH]3)c2)C=CC1. The van der Waals surface area contributed by atoms with E-state index < -0.39 is 29.0 Å². The van der Waals surface area contributed by atoms with Gasteiger partial charge in [0.25, 0.3) is 0 Å². The number of allylic oxidation sites excluding steroid dienone is 3. The molecule has 0 saturated carbocycles. The van der Waals surface area contributed by atoms with Gasteiger partial charge in [-0.25, -0.2) is 9.97 Å². The minimum absolute atomic E-state index is 0.0401. The number of hydrogen-bond donors (Lipinski definition) is 3. The van der Waals surface area contributed by atoms with Gasteiger partial charge in [-0.2, -0.15) is 26.3 Å². The number of imidazole rings is 2. The van der Waals surface area contributed by atoms with Crippen molar-refractivity contribution in [3.63, 3.8) is 0 Å². The molecule has 0 amide bonds. The first-order chi connectivity index (χ1) is 20.4. The molecule has 220 valence electrons. The molecule has 43 heavy (non-hydrogen) atoms. The minimum atomic E-state index is -4.56. The Morgan fingerprint density at radius 3 is 2.44 bits per heavy atom. The molecule has 1 aliphatic carbocycles. The maximum absolute atomic E-state index is 13.0. The number of nitrogens with one attached hydrogen (secondary N) is 3. The van der Waals surface area contributed by atoms with Gasteiger partial charge in [0.1, 0.15) is 22.9 Å². The smallest absolute Gasteiger partial charge is 0.432 e. The molecule has 0 fully saturated rings. The summed E-state index contributed by atoms with van der Waals surface area (Å²) in [6.45, 7) is 2.02. The number of aromatic amines is 2. The molecule has 0 spiro atoms. The molecule has 3 N–H and O–H groups in total. The highest BCUT2D eigenvalue weighted by atomic mass is 19.4. The van der Waals surface area contributed by atoms with Crippen molar-refractivity contribution in [3.05, 3.63) is 108 Å². The maximum Gasteiger partial charge on any atom is 0.432 e. The molecule has 0 radical (unpaired) electrons. The molecule has 13 heteroatoms. The van der Waals surface area contributed by atoms with Crippen LogP contribution in [-0.4, -0.2) is 24.9 Å². The van der Waals surface area contributed by atoms with Crippen molar-refractivity contribution < 1.29 is 31.1 Å². The van der Waals surface area contributed by atoms with Crippen LogP contribution in [-0.2, 0) is 17.8 Å². The highest BCUT2D eigenvalue weighted by molar-refractivity contribution is 5.83. The Balaban J connectivity index is 1.25. The zero-order chi connectivity index (χ0) is 30.4. The Hall–Kier alpha value is -5.07. The average molecular weight is 597 g/mol. The second-order valence-electron chi connectivity index (χ2n) is 10.2. The number of H-pyrrole nitrogens is 2. The van der Waals surface area contributed by atoms with Crippen LogP contribution in [0, 0.1) is 0 Å². The zero-order valence-corrected chi connectivity index (χ0v) is 22.3. The lowest BCUT2D eigenvalue weighted by Crippen LogP contribution is -2.22. The largest absolute Gasteiger partial charge is 0.458 e. The summed E-state index contributed by atoms with van der Waals surface area (Å²) in [7, 11) is 0. The van der Waals surface area contributed by atoms with Gasteiger partial charge in [0.05, 0.1) is 22.8 Å². The third kappa shape index (κ3) is 5.83. The van der Waals surface area contributed by atoms with Gasteiger partial charge in [-0.15, -0.1) is 0 Å². The third-order valence-corrected chi connectivity index (χ3v) is 6.98. The standard InChI is InChI=1S/C30H22F6N6O/c1-28(21-5-2-6-22-25(21)42-27(40-22)39-18-9-7-17(8-10-18)29(31,32)33)12-3-4-20(15-28)43-19-11-13-37-23(14-19)26-38-16-24(41-26)30(34,35)36/h2-11,13-16H,12H2,1H3,(H,38,41)(H2,39,40,42). The number of aromatic nitrogens is 5. The van der Waals surface area contributed by atoms with Crippen molar-refractivity contribution in [3.8, 4) is 17.3 Å². The molecule has 2 aromatic carbocycles. The molecule has 1 unspecified atom stereocenters. The van der Waals surface area contributed by atoms with Crippen molar-refractivity contribution in [2.75, 3.05) is 5.32 Å². The second kappa shape index (κ2) is 10.3. The molecule has 3 aromatic heterocycles. The number of anilines is 2. The third-order valence-electron chi connectivity index (χ3n) is 6.98. The van der Waals surface area contributed by atoms with E-state index in [4.69, 9.17) is 9.72 Å². The van der Waals surface area contributed by atoms with Gasteiger partial charge in [0.15, 0.2) is 5.82 Å². The molecule has 1 aliphatic rings. The summed E-state index contributed by atoms with van der Waals surface area (Å²) in [6, 6.07) is 13.4. The molecule has 0 aliphatic heterocycles. The fourth-order valence-electron chi connectivity index (χ4n) is 4.86. The molecule has 0 bridgehead atoms.